The van der Waals surface area contributed by atoms with E-state index in [1.54, 1.807) is 6.20 Å². The largest absolute Gasteiger partial charge is 0.355 e. The van der Waals surface area contributed by atoms with Crippen LogP contribution < -0.4 is 10.6 Å². The predicted molar refractivity (Wildman–Crippen MR) is 70.3 cm³/mol. The highest BCUT2D eigenvalue weighted by Crippen LogP contribution is 2.12. The number of hydrogen-bond acceptors (Lipinski definition) is 3. The number of hydrogen-bond donors (Lipinski definition) is 2. The van der Waals surface area contributed by atoms with Crippen LogP contribution in [0.1, 0.15) is 20.8 Å². The number of aromatic nitrogens is 2. The first-order valence-corrected chi connectivity index (χ1v) is 5.76. The van der Waals surface area contributed by atoms with Gasteiger partial charge in [-0.2, -0.15) is 5.10 Å². The molecular weight excluding hydrogens is 244 g/mol. The topological polar surface area (TPSA) is 76.0 Å². The Morgan fingerprint density at radius 2 is 1.68 bits per heavy atom. The molecule has 1 heterocycles. The van der Waals surface area contributed by atoms with E-state index in [1.165, 1.54) is 18.8 Å². The zero-order valence-corrected chi connectivity index (χ0v) is 10.7. The van der Waals surface area contributed by atoms with Crippen LogP contribution in [0.2, 0.25) is 0 Å². The van der Waals surface area contributed by atoms with E-state index in [1.807, 2.05) is 30.3 Å². The van der Waals surface area contributed by atoms with Crippen molar-refractivity contribution >= 4 is 11.8 Å². The first-order chi connectivity index (χ1) is 9.17. The SMILES string of the molecule is CNC(=O)c1cn(-c2ccccc2)nc1C(=O)NC. The molecule has 2 amide bonds. The molecule has 1 aromatic heterocycles. The van der Waals surface area contributed by atoms with Gasteiger partial charge in [0.05, 0.1) is 11.3 Å². The third kappa shape index (κ3) is 2.47. The summed E-state index contributed by atoms with van der Waals surface area (Å²) in [5.41, 5.74) is 1.12. The van der Waals surface area contributed by atoms with Gasteiger partial charge in [0.1, 0.15) is 0 Å². The fraction of sp³-hybridized carbons (Fsp3) is 0.154. The van der Waals surface area contributed by atoms with Gasteiger partial charge in [-0.1, -0.05) is 18.2 Å². The van der Waals surface area contributed by atoms with Crippen LogP contribution in [0.5, 0.6) is 0 Å². The minimum absolute atomic E-state index is 0.103. The van der Waals surface area contributed by atoms with Crippen LogP contribution in [0.4, 0.5) is 0 Å². The van der Waals surface area contributed by atoms with Crippen LogP contribution in [-0.2, 0) is 0 Å². The first-order valence-electron chi connectivity index (χ1n) is 5.76. The summed E-state index contributed by atoms with van der Waals surface area (Å²) >= 11 is 0. The minimum Gasteiger partial charge on any atom is -0.355 e. The van der Waals surface area contributed by atoms with E-state index in [9.17, 15) is 9.59 Å². The van der Waals surface area contributed by atoms with E-state index in [0.29, 0.717) is 0 Å². The van der Waals surface area contributed by atoms with Crippen molar-refractivity contribution in [3.05, 3.63) is 47.8 Å². The lowest BCUT2D eigenvalue weighted by Crippen LogP contribution is -2.25. The fourth-order valence-corrected chi connectivity index (χ4v) is 1.67. The third-order valence-electron chi connectivity index (χ3n) is 2.65. The monoisotopic (exact) mass is 258 g/mol. The molecule has 2 rings (SSSR count). The zero-order valence-electron chi connectivity index (χ0n) is 10.7. The quantitative estimate of drug-likeness (QED) is 0.846. The highest BCUT2D eigenvalue weighted by molar-refractivity contribution is 6.05. The molecule has 0 aliphatic rings. The average molecular weight is 258 g/mol. The van der Waals surface area contributed by atoms with Crippen molar-refractivity contribution in [3.8, 4) is 5.69 Å². The normalized spacial score (nSPS) is 10.0. The molecule has 0 bridgehead atoms. The summed E-state index contributed by atoms with van der Waals surface area (Å²) in [5.74, 6) is -0.742. The second kappa shape index (κ2) is 5.34. The number of amides is 2. The molecule has 0 atom stereocenters. The maximum atomic E-state index is 11.8. The number of carbonyl (C=O) groups is 2. The summed E-state index contributed by atoms with van der Waals surface area (Å²) in [6, 6.07) is 9.28. The van der Waals surface area contributed by atoms with Crippen LogP contribution >= 0.6 is 0 Å². The van der Waals surface area contributed by atoms with E-state index >= 15 is 0 Å². The Hall–Kier alpha value is -2.63. The number of para-hydroxylation sites is 1. The molecule has 2 N–H and O–H groups in total. The number of nitrogens with zero attached hydrogens (tertiary/aromatic N) is 2. The van der Waals surface area contributed by atoms with Crippen molar-refractivity contribution in [2.45, 2.75) is 0 Å². The first kappa shape index (κ1) is 12.8. The van der Waals surface area contributed by atoms with Gasteiger partial charge in [-0.15, -0.1) is 0 Å². The van der Waals surface area contributed by atoms with Crippen LogP contribution in [0.15, 0.2) is 36.5 Å². The number of rotatable bonds is 3. The Morgan fingerprint density at radius 3 is 2.26 bits per heavy atom. The summed E-state index contributed by atoms with van der Waals surface area (Å²) in [7, 11) is 3.01. The molecule has 0 aliphatic carbocycles. The molecular formula is C13H14N4O2. The van der Waals surface area contributed by atoms with E-state index < -0.39 is 5.91 Å². The van der Waals surface area contributed by atoms with Crippen LogP contribution in [0.25, 0.3) is 5.69 Å². The van der Waals surface area contributed by atoms with Crippen LogP contribution in [0, 0.1) is 0 Å². The Labute approximate surface area is 110 Å². The van der Waals surface area contributed by atoms with Crippen LogP contribution in [0.3, 0.4) is 0 Å². The molecule has 6 heteroatoms. The van der Waals surface area contributed by atoms with Gasteiger partial charge in [0.15, 0.2) is 5.69 Å². The Bertz CT molecular complexity index is 571. The summed E-state index contributed by atoms with van der Waals surface area (Å²) in [6.07, 6.45) is 1.54. The number of carbonyl (C=O) groups excluding carboxylic acids is 2. The van der Waals surface area contributed by atoms with Gasteiger partial charge in [0, 0.05) is 20.3 Å². The second-order valence-electron chi connectivity index (χ2n) is 3.83. The fourth-order valence-electron chi connectivity index (χ4n) is 1.67. The molecule has 0 saturated carbocycles. The molecule has 6 nitrogen and oxygen atoms in total. The molecule has 1 aromatic carbocycles. The summed E-state index contributed by atoms with van der Waals surface area (Å²) in [6.45, 7) is 0. The van der Waals surface area contributed by atoms with Crippen molar-refractivity contribution in [2.75, 3.05) is 14.1 Å². The lowest BCUT2D eigenvalue weighted by atomic mass is 10.2. The lowest BCUT2D eigenvalue weighted by molar-refractivity contribution is 0.0926. The summed E-state index contributed by atoms with van der Waals surface area (Å²) < 4.78 is 1.51. The number of benzene rings is 1. The van der Waals surface area contributed by atoms with E-state index in [4.69, 9.17) is 0 Å². The van der Waals surface area contributed by atoms with Crippen molar-refractivity contribution in [1.29, 1.82) is 0 Å². The highest BCUT2D eigenvalue weighted by Gasteiger charge is 2.20. The third-order valence-corrected chi connectivity index (χ3v) is 2.65. The predicted octanol–water partition coefficient (Wildman–Crippen LogP) is 0.591. The molecule has 0 aliphatic heterocycles. The molecule has 0 radical (unpaired) electrons. The Morgan fingerprint density at radius 1 is 1.05 bits per heavy atom. The summed E-state index contributed by atoms with van der Waals surface area (Å²) in [5, 5.41) is 9.13. The molecule has 0 unspecified atom stereocenters. The van der Waals surface area contributed by atoms with Crippen molar-refractivity contribution < 1.29 is 9.59 Å². The standard InChI is InChI=1S/C13H14N4O2/c1-14-12(18)10-8-17(9-6-4-3-5-7-9)16-11(10)13(19)15-2/h3-8H,1-2H3,(H,14,18)(H,15,19). The van der Waals surface area contributed by atoms with E-state index in [-0.39, 0.29) is 17.2 Å². The van der Waals surface area contributed by atoms with Gasteiger partial charge < -0.3 is 10.6 Å². The van der Waals surface area contributed by atoms with E-state index in [0.717, 1.165) is 5.69 Å². The van der Waals surface area contributed by atoms with Crippen molar-refractivity contribution in [2.24, 2.45) is 0 Å². The number of nitrogens with one attached hydrogen (secondary N) is 2. The van der Waals surface area contributed by atoms with Crippen molar-refractivity contribution in [3.63, 3.8) is 0 Å². The van der Waals surface area contributed by atoms with Gasteiger partial charge in [-0.25, -0.2) is 4.68 Å². The molecule has 2 aromatic rings. The molecule has 98 valence electrons. The Kier molecular flexibility index (Phi) is 3.61. The van der Waals surface area contributed by atoms with E-state index in [2.05, 4.69) is 15.7 Å². The van der Waals surface area contributed by atoms with Gasteiger partial charge in [-0.05, 0) is 12.1 Å². The second-order valence-corrected chi connectivity index (χ2v) is 3.83. The van der Waals surface area contributed by atoms with Gasteiger partial charge >= 0.3 is 0 Å². The lowest BCUT2D eigenvalue weighted by Gasteiger charge is -1.99. The summed E-state index contributed by atoms with van der Waals surface area (Å²) in [4.78, 5) is 23.5. The molecule has 19 heavy (non-hydrogen) atoms. The molecule has 0 saturated heterocycles. The maximum absolute atomic E-state index is 11.8. The van der Waals surface area contributed by atoms with Crippen LogP contribution in [-0.4, -0.2) is 35.7 Å². The Balaban J connectivity index is 2.52. The van der Waals surface area contributed by atoms with Gasteiger partial charge in [0.25, 0.3) is 11.8 Å². The minimum atomic E-state index is -0.395. The van der Waals surface area contributed by atoms with Gasteiger partial charge in [0.2, 0.25) is 0 Å². The molecule has 0 spiro atoms. The smallest absolute Gasteiger partial charge is 0.272 e. The maximum Gasteiger partial charge on any atom is 0.272 e. The molecule has 0 fully saturated rings. The van der Waals surface area contributed by atoms with Crippen molar-refractivity contribution in [1.82, 2.24) is 20.4 Å². The zero-order chi connectivity index (χ0) is 13.8. The van der Waals surface area contributed by atoms with Gasteiger partial charge in [-0.3, -0.25) is 9.59 Å². The average Bonchev–Trinajstić information content (AvgIpc) is 2.91. The highest BCUT2D eigenvalue weighted by atomic mass is 16.2.